The summed E-state index contributed by atoms with van der Waals surface area (Å²) in [5, 5.41) is 19.7. The van der Waals surface area contributed by atoms with E-state index in [9.17, 15) is 0 Å². The summed E-state index contributed by atoms with van der Waals surface area (Å²) in [6.07, 6.45) is 0. The van der Waals surface area contributed by atoms with Gasteiger partial charge < -0.3 is 0 Å². The highest BCUT2D eigenvalue weighted by Crippen LogP contribution is 2.45. The van der Waals surface area contributed by atoms with Crippen LogP contribution in [0.3, 0.4) is 0 Å². The lowest BCUT2D eigenvalue weighted by atomic mass is 9.89. The minimum Gasteiger partial charge on any atom is -0.232 e. The van der Waals surface area contributed by atoms with Gasteiger partial charge in [0.15, 0.2) is 17.5 Å². The maximum absolute atomic E-state index is 5.67. The Morgan fingerprint density at radius 3 is 0.564 bits per heavy atom. The summed E-state index contributed by atoms with van der Waals surface area (Å²) in [6, 6.07) is 0. The summed E-state index contributed by atoms with van der Waals surface area (Å²) >= 11 is 0. The minimum atomic E-state index is 0.662. The van der Waals surface area contributed by atoms with Gasteiger partial charge in [0.2, 0.25) is 0 Å². The normalized spacial score (nSPS) is 12.0. The van der Waals surface area contributed by atoms with Gasteiger partial charge >= 0.3 is 0 Å². The van der Waals surface area contributed by atoms with E-state index in [1.54, 1.807) is 0 Å². The van der Waals surface area contributed by atoms with Crippen LogP contribution in [-0.2, 0) is 0 Å². The molecule has 10 aromatic rings. The monoisotopic (exact) mass is 1040 g/mol. The van der Waals surface area contributed by atoms with Crippen molar-refractivity contribution in [1.29, 1.82) is 0 Å². The number of rotatable bonds is 6. The van der Waals surface area contributed by atoms with Gasteiger partial charge in [-0.3, -0.25) is 0 Å². The van der Waals surface area contributed by atoms with E-state index in [2.05, 4.69) is 201 Å². The van der Waals surface area contributed by atoms with Gasteiger partial charge in [-0.1, -0.05) is 0 Å². The van der Waals surface area contributed by atoms with Crippen molar-refractivity contribution in [3.8, 4) is 51.2 Å². The van der Waals surface area contributed by atoms with Crippen molar-refractivity contribution in [1.82, 2.24) is 44.3 Å². The predicted octanol–water partition coefficient (Wildman–Crippen LogP) is 17.2. The van der Waals surface area contributed by atoms with E-state index in [1.807, 2.05) is 0 Å². The van der Waals surface area contributed by atoms with Crippen LogP contribution in [0.25, 0.3) is 83.9 Å². The van der Waals surface area contributed by atoms with Gasteiger partial charge in [-0.25, -0.2) is 29.0 Å². The molecule has 0 amide bonds. The van der Waals surface area contributed by atoms with Gasteiger partial charge in [-0.2, -0.15) is 15.3 Å². The molecule has 0 fully saturated rings. The van der Waals surface area contributed by atoms with Crippen LogP contribution in [0, 0.1) is 187 Å². The number of hydrogen-bond acceptors (Lipinski definition) is 6. The van der Waals surface area contributed by atoms with Crippen LogP contribution in [0.4, 0.5) is 0 Å². The zero-order valence-corrected chi connectivity index (χ0v) is 52.0. The summed E-state index contributed by atoms with van der Waals surface area (Å²) in [5.74, 6) is 1.99. The zero-order valence-electron chi connectivity index (χ0n) is 52.0. The van der Waals surface area contributed by atoms with Crippen molar-refractivity contribution in [2.45, 2.75) is 187 Å². The molecule has 10 rings (SSSR count). The molecule has 9 heteroatoms. The average Bonchev–Trinajstić information content (AvgIpc) is 4.20. The molecule has 78 heavy (non-hydrogen) atoms. The Morgan fingerprint density at radius 1 is 0.192 bits per heavy atom. The summed E-state index contributed by atoms with van der Waals surface area (Å²) < 4.78 is 6.68. The van der Waals surface area contributed by atoms with E-state index in [1.165, 1.54) is 99.5 Å². The molecule has 0 aliphatic rings. The highest BCUT2D eigenvalue weighted by Gasteiger charge is 2.30. The number of nitrogens with zero attached hydrogens (tertiary/aromatic N) is 9. The van der Waals surface area contributed by atoms with Crippen molar-refractivity contribution in [3.05, 3.63) is 151 Å². The SMILES string of the molecule is Cc1c(C)c(-n2nc(C)c3c(C)c(C)c(C)c(C)c32)c(C)c(C)c1-c1nc(-c2c(C)c(C)c(-n3nc(C)c4c(C)c(C)c(C)c(C)c43)c(C)c2C)nc(-c2c(C)c(C)c(-n3nc(C)c4c(C)c(C)c(C)c(C)c43)c(C)c2C)n1. The van der Waals surface area contributed by atoms with Gasteiger partial charge in [0.1, 0.15) is 0 Å². The molecule has 4 aromatic heterocycles. The van der Waals surface area contributed by atoms with Crippen LogP contribution in [0.1, 0.15) is 151 Å². The Kier molecular flexibility index (Phi) is 12.8. The van der Waals surface area contributed by atoms with Gasteiger partial charge in [0.05, 0.1) is 50.7 Å². The molecular weight excluding hydrogens is 955 g/mol. The van der Waals surface area contributed by atoms with E-state index >= 15 is 0 Å². The van der Waals surface area contributed by atoms with Crippen molar-refractivity contribution >= 4 is 32.7 Å². The third-order valence-electron chi connectivity index (χ3n) is 20.1. The highest BCUT2D eigenvalue weighted by molar-refractivity contribution is 5.95. The smallest absolute Gasteiger partial charge is 0.164 e. The third-order valence-corrected chi connectivity index (χ3v) is 20.1. The lowest BCUT2D eigenvalue weighted by Crippen LogP contribution is -2.13. The maximum Gasteiger partial charge on any atom is 0.164 e. The number of benzene rings is 6. The summed E-state index contributed by atoms with van der Waals surface area (Å²) in [4.78, 5) is 17.0. The average molecular weight is 1040 g/mol. The van der Waals surface area contributed by atoms with Crippen molar-refractivity contribution in [2.75, 3.05) is 0 Å². The highest BCUT2D eigenvalue weighted by atomic mass is 15.3. The van der Waals surface area contributed by atoms with Crippen LogP contribution in [0.5, 0.6) is 0 Å². The predicted molar refractivity (Wildman–Crippen MR) is 328 cm³/mol. The zero-order chi connectivity index (χ0) is 57.2. The second-order valence-electron chi connectivity index (χ2n) is 23.6. The Bertz CT molecular complexity index is 3830. The lowest BCUT2D eigenvalue weighted by molar-refractivity contribution is 0.864. The van der Waals surface area contributed by atoms with E-state index in [0.29, 0.717) is 17.5 Å². The quantitative estimate of drug-likeness (QED) is 0.165. The first-order valence-electron chi connectivity index (χ1n) is 28.0. The minimum absolute atomic E-state index is 0.662. The molecule has 0 radical (unpaired) electrons. The number of fused-ring (bicyclic) bond motifs is 3. The standard InChI is InChI=1S/C69H81N9/c1-28-31(4)43(16)64-58(34(28)7)52(25)73-76(64)61-46(19)37(10)55(38(11)47(61)20)67-70-68(56-39(12)48(21)62(49(22)40(56)13)77-65-44(17)32(5)29(2)35(8)59(65)53(26)74-77)72-69(71-67)57-41(14)50(23)63(51(24)42(57)15)78-66-45(18)33(6)30(3)36(9)60(66)54(27)75-78/h1-27H3. The molecule has 0 N–H and O–H groups in total. The molecule has 0 aliphatic heterocycles. The molecule has 6 aromatic carbocycles. The van der Waals surface area contributed by atoms with Gasteiger partial charge in [0, 0.05) is 32.8 Å². The summed E-state index contributed by atoms with van der Waals surface area (Å²) in [6.45, 7) is 60.3. The van der Waals surface area contributed by atoms with Crippen LogP contribution >= 0.6 is 0 Å². The molecular formula is C69H81N9. The van der Waals surface area contributed by atoms with E-state index in [4.69, 9.17) is 30.2 Å². The largest absolute Gasteiger partial charge is 0.232 e. The van der Waals surface area contributed by atoms with Crippen LogP contribution < -0.4 is 0 Å². The summed E-state index contributed by atoms with van der Waals surface area (Å²) in [5.41, 5.74) is 42.3. The molecule has 0 aliphatic carbocycles. The number of aromatic nitrogens is 9. The van der Waals surface area contributed by atoms with Gasteiger partial charge in [0.25, 0.3) is 0 Å². The molecule has 0 saturated heterocycles. The fourth-order valence-corrected chi connectivity index (χ4v) is 13.8. The molecule has 0 unspecified atom stereocenters. The van der Waals surface area contributed by atoms with Gasteiger partial charge in [-0.05, 0) is 320 Å². The first-order chi connectivity index (χ1) is 36.5. The third kappa shape index (κ3) is 7.24. The summed E-state index contributed by atoms with van der Waals surface area (Å²) in [7, 11) is 0. The fraction of sp³-hybridized carbons (Fsp3) is 0.391. The molecule has 0 atom stereocenters. The molecule has 4 heterocycles. The first-order valence-corrected chi connectivity index (χ1v) is 28.0. The molecule has 0 bridgehead atoms. The van der Waals surface area contributed by atoms with Crippen LogP contribution in [-0.4, -0.2) is 44.3 Å². The van der Waals surface area contributed by atoms with E-state index in [0.717, 1.165) is 118 Å². The van der Waals surface area contributed by atoms with Crippen LogP contribution in [0.2, 0.25) is 0 Å². The lowest BCUT2D eigenvalue weighted by Gasteiger charge is -2.24. The second-order valence-corrected chi connectivity index (χ2v) is 23.6. The van der Waals surface area contributed by atoms with Gasteiger partial charge in [-0.15, -0.1) is 0 Å². The first kappa shape index (κ1) is 54.1. The number of aryl methyl sites for hydroxylation is 9. The molecule has 402 valence electrons. The second kappa shape index (κ2) is 18.4. The van der Waals surface area contributed by atoms with E-state index in [-0.39, 0.29) is 0 Å². The molecule has 9 nitrogen and oxygen atoms in total. The van der Waals surface area contributed by atoms with Crippen molar-refractivity contribution in [2.24, 2.45) is 0 Å². The molecule has 0 saturated carbocycles. The maximum atomic E-state index is 5.67. The molecule has 0 spiro atoms. The Hall–Kier alpha value is -7.26. The van der Waals surface area contributed by atoms with E-state index < -0.39 is 0 Å². The Labute approximate surface area is 463 Å². The van der Waals surface area contributed by atoms with Crippen LogP contribution in [0.15, 0.2) is 0 Å². The Balaban J connectivity index is 1.27. The number of hydrogen-bond donors (Lipinski definition) is 0. The Morgan fingerprint density at radius 2 is 0.372 bits per heavy atom. The topological polar surface area (TPSA) is 92.1 Å². The van der Waals surface area contributed by atoms with Crippen molar-refractivity contribution in [3.63, 3.8) is 0 Å². The fourth-order valence-electron chi connectivity index (χ4n) is 13.8. The van der Waals surface area contributed by atoms with Crippen molar-refractivity contribution < 1.29 is 0 Å².